The average molecular weight is 434 g/mol. The first kappa shape index (κ1) is 19.3. The molecule has 3 N–H and O–H groups in total. The van der Waals surface area contributed by atoms with Crippen LogP contribution in [0.1, 0.15) is 18.4 Å². The van der Waals surface area contributed by atoms with Crippen LogP contribution >= 0.6 is 0 Å². The van der Waals surface area contributed by atoms with Gasteiger partial charge >= 0.3 is 0 Å². The van der Waals surface area contributed by atoms with Crippen LogP contribution in [0.3, 0.4) is 0 Å². The van der Waals surface area contributed by atoms with Crippen molar-refractivity contribution in [2.24, 2.45) is 0 Å². The number of hydrogen-bond acceptors (Lipinski definition) is 7. The molecule has 0 atom stereocenters. The quantitative estimate of drug-likeness (QED) is 0.424. The fourth-order valence-electron chi connectivity index (χ4n) is 3.74. The van der Waals surface area contributed by atoms with Crippen molar-refractivity contribution < 1.29 is 12.8 Å². The van der Waals surface area contributed by atoms with Gasteiger partial charge in [0.15, 0.2) is 0 Å². The first-order chi connectivity index (χ1) is 15.0. The molecule has 3 heterocycles. The van der Waals surface area contributed by atoms with Gasteiger partial charge in [-0.2, -0.15) is 5.26 Å². The highest BCUT2D eigenvalue weighted by Crippen LogP contribution is 2.35. The Bertz CT molecular complexity index is 1380. The lowest BCUT2D eigenvalue weighted by Crippen LogP contribution is -2.49. The molecule has 1 aromatic carbocycles. The van der Waals surface area contributed by atoms with Gasteiger partial charge in [0.1, 0.15) is 11.9 Å². The summed E-state index contributed by atoms with van der Waals surface area (Å²) in [5.74, 6) is 0.465. The number of anilines is 1. The van der Waals surface area contributed by atoms with Gasteiger partial charge in [-0.15, -0.1) is 0 Å². The predicted octanol–water partition coefficient (Wildman–Crippen LogP) is 3.01. The second-order valence-electron chi connectivity index (χ2n) is 7.39. The van der Waals surface area contributed by atoms with Crippen molar-refractivity contribution in [3.63, 3.8) is 0 Å². The summed E-state index contributed by atoms with van der Waals surface area (Å²) in [6, 6.07) is 9.77. The lowest BCUT2D eigenvalue weighted by atomic mass is 9.87. The number of nitrogens with zero attached hydrogens (tertiary/aromatic N) is 3. The highest BCUT2D eigenvalue weighted by molar-refractivity contribution is 7.89. The minimum absolute atomic E-state index is 0.0763. The van der Waals surface area contributed by atoms with Crippen LogP contribution in [0.2, 0.25) is 0 Å². The molecule has 156 valence electrons. The number of H-pyrrole nitrogens is 1. The standard InChI is InChI=1S/C21H18N6O3S/c22-11-13-2-1-3-16(8-13)31(28,29)27-15-9-14(10-15)26-19-17-4-5-23-20(17)25-12-18(19)21-24-6-7-30-21/h1-8,12,14-15,27H,9-10H2,(H2,23,25,26). The largest absolute Gasteiger partial charge is 0.444 e. The fraction of sp³-hybridized carbons (Fsp3) is 0.190. The molecule has 0 radical (unpaired) electrons. The third-order valence-electron chi connectivity index (χ3n) is 5.33. The van der Waals surface area contributed by atoms with Crippen LogP contribution in [-0.4, -0.2) is 35.5 Å². The van der Waals surface area contributed by atoms with Crippen LogP contribution in [0.5, 0.6) is 0 Å². The third kappa shape index (κ3) is 3.65. The highest BCUT2D eigenvalue weighted by atomic mass is 32.2. The Morgan fingerprint density at radius 3 is 2.84 bits per heavy atom. The molecule has 0 amide bonds. The molecule has 10 heteroatoms. The van der Waals surface area contributed by atoms with E-state index < -0.39 is 10.0 Å². The third-order valence-corrected chi connectivity index (χ3v) is 6.85. The molecule has 1 aliphatic rings. The topological polar surface area (TPSA) is 137 Å². The second-order valence-corrected chi connectivity index (χ2v) is 9.11. The Labute approximate surface area is 178 Å². The highest BCUT2D eigenvalue weighted by Gasteiger charge is 2.33. The number of pyridine rings is 1. The maximum atomic E-state index is 12.6. The van der Waals surface area contributed by atoms with Crippen LogP contribution in [-0.2, 0) is 10.0 Å². The lowest BCUT2D eigenvalue weighted by Gasteiger charge is -2.37. The van der Waals surface area contributed by atoms with E-state index >= 15 is 0 Å². The maximum absolute atomic E-state index is 12.6. The van der Waals surface area contributed by atoms with Gasteiger partial charge in [-0.05, 0) is 37.1 Å². The van der Waals surface area contributed by atoms with Gasteiger partial charge < -0.3 is 14.7 Å². The molecule has 1 saturated carbocycles. The summed E-state index contributed by atoms with van der Waals surface area (Å²) in [5.41, 5.74) is 2.64. The number of oxazole rings is 1. The van der Waals surface area contributed by atoms with Crippen molar-refractivity contribution in [1.82, 2.24) is 19.7 Å². The van der Waals surface area contributed by atoms with E-state index in [1.54, 1.807) is 24.5 Å². The van der Waals surface area contributed by atoms with Crippen molar-refractivity contribution in [2.75, 3.05) is 5.32 Å². The Morgan fingerprint density at radius 2 is 2.06 bits per heavy atom. The average Bonchev–Trinajstić information content (AvgIpc) is 3.44. The molecule has 0 spiro atoms. The van der Waals surface area contributed by atoms with E-state index in [9.17, 15) is 8.42 Å². The number of hydrogen-bond donors (Lipinski definition) is 3. The Morgan fingerprint density at radius 1 is 1.19 bits per heavy atom. The van der Waals surface area contributed by atoms with E-state index in [0.717, 1.165) is 22.3 Å². The molecule has 9 nitrogen and oxygen atoms in total. The number of nitriles is 1. The molecule has 5 rings (SSSR count). The second kappa shape index (κ2) is 7.54. The molecular formula is C21H18N6O3S. The summed E-state index contributed by atoms with van der Waals surface area (Å²) in [6.45, 7) is 0. The number of nitrogens with one attached hydrogen (secondary N) is 3. The van der Waals surface area contributed by atoms with Crippen LogP contribution < -0.4 is 10.0 Å². The smallest absolute Gasteiger partial charge is 0.240 e. The van der Waals surface area contributed by atoms with E-state index in [4.69, 9.17) is 9.68 Å². The van der Waals surface area contributed by atoms with Gasteiger partial charge in [-0.3, -0.25) is 0 Å². The van der Waals surface area contributed by atoms with Gasteiger partial charge in [0, 0.05) is 29.9 Å². The minimum Gasteiger partial charge on any atom is -0.444 e. The molecule has 31 heavy (non-hydrogen) atoms. The maximum Gasteiger partial charge on any atom is 0.240 e. The van der Waals surface area contributed by atoms with Gasteiger partial charge in [-0.25, -0.2) is 23.1 Å². The van der Waals surface area contributed by atoms with Gasteiger partial charge in [-0.1, -0.05) is 6.07 Å². The molecule has 3 aromatic heterocycles. The first-order valence-corrected chi connectivity index (χ1v) is 11.2. The van der Waals surface area contributed by atoms with E-state index in [-0.39, 0.29) is 17.0 Å². The number of rotatable bonds is 6. The molecular weight excluding hydrogens is 416 g/mol. The Balaban J connectivity index is 1.31. The molecule has 0 aliphatic heterocycles. The normalized spacial score (nSPS) is 18.4. The zero-order valence-electron chi connectivity index (χ0n) is 16.2. The summed E-state index contributed by atoms with van der Waals surface area (Å²) in [5, 5.41) is 13.4. The molecule has 0 unspecified atom stereocenters. The van der Waals surface area contributed by atoms with Crippen molar-refractivity contribution in [3.8, 4) is 17.5 Å². The molecule has 4 aromatic rings. The molecule has 1 aliphatic carbocycles. The Hall–Kier alpha value is -3.68. The molecule has 0 bridgehead atoms. The predicted molar refractivity (Wildman–Crippen MR) is 114 cm³/mol. The van der Waals surface area contributed by atoms with Crippen LogP contribution in [0, 0.1) is 11.3 Å². The fourth-order valence-corrected chi connectivity index (χ4v) is 5.05. The summed E-state index contributed by atoms with van der Waals surface area (Å²) >= 11 is 0. The zero-order valence-corrected chi connectivity index (χ0v) is 17.1. The SMILES string of the molecule is N#Cc1cccc(S(=O)(=O)NC2CC(Nc3c(-c4ncco4)cnc4[nH]ccc34)C2)c1. The van der Waals surface area contributed by atoms with E-state index in [0.29, 0.717) is 24.3 Å². The number of aromatic nitrogens is 3. The van der Waals surface area contributed by atoms with Gasteiger partial charge in [0.2, 0.25) is 15.9 Å². The van der Waals surface area contributed by atoms with E-state index in [1.165, 1.54) is 18.4 Å². The van der Waals surface area contributed by atoms with Gasteiger partial charge in [0.25, 0.3) is 0 Å². The summed E-state index contributed by atoms with van der Waals surface area (Å²) in [6.07, 6.45) is 7.85. The summed E-state index contributed by atoms with van der Waals surface area (Å²) in [7, 11) is -3.69. The molecule has 0 saturated heterocycles. The number of aromatic amines is 1. The lowest BCUT2D eigenvalue weighted by molar-refractivity contribution is 0.346. The van der Waals surface area contributed by atoms with Gasteiger partial charge in [0.05, 0.1) is 34.0 Å². The zero-order chi connectivity index (χ0) is 21.4. The summed E-state index contributed by atoms with van der Waals surface area (Å²) in [4.78, 5) is 11.8. The Kier molecular flexibility index (Phi) is 4.69. The first-order valence-electron chi connectivity index (χ1n) is 9.68. The minimum atomic E-state index is -3.69. The van der Waals surface area contributed by atoms with Crippen LogP contribution in [0.15, 0.2) is 64.5 Å². The van der Waals surface area contributed by atoms with E-state index in [2.05, 4.69) is 25.0 Å². The number of fused-ring (bicyclic) bond motifs is 1. The number of benzene rings is 1. The van der Waals surface area contributed by atoms with Crippen molar-refractivity contribution >= 4 is 26.7 Å². The van der Waals surface area contributed by atoms with E-state index in [1.807, 2.05) is 18.3 Å². The summed E-state index contributed by atoms with van der Waals surface area (Å²) < 4.78 is 33.5. The van der Waals surface area contributed by atoms with Crippen LogP contribution in [0.25, 0.3) is 22.5 Å². The molecule has 1 fully saturated rings. The monoisotopic (exact) mass is 434 g/mol. The van der Waals surface area contributed by atoms with Crippen LogP contribution in [0.4, 0.5) is 5.69 Å². The van der Waals surface area contributed by atoms with Crippen molar-refractivity contribution in [1.29, 1.82) is 5.26 Å². The van der Waals surface area contributed by atoms with Crippen molar-refractivity contribution in [2.45, 2.75) is 29.8 Å². The van der Waals surface area contributed by atoms with Crippen molar-refractivity contribution in [3.05, 3.63) is 60.7 Å². The number of sulfonamides is 1.